The SMILES string of the molecule is CC1C=CC(S(C)(=O)=O)=CC1(C)C(=O)O. The molecule has 0 bridgehead atoms. The van der Waals surface area contributed by atoms with Crippen molar-refractivity contribution in [3.05, 3.63) is 23.1 Å². The molecule has 0 saturated heterocycles. The van der Waals surface area contributed by atoms with Crippen LogP contribution in [0.1, 0.15) is 13.8 Å². The molecule has 2 atom stereocenters. The number of rotatable bonds is 2. The number of allylic oxidation sites excluding steroid dienone is 2. The molecule has 5 heteroatoms. The van der Waals surface area contributed by atoms with Crippen molar-refractivity contribution in [3.8, 4) is 0 Å². The minimum absolute atomic E-state index is 0.0745. The molecule has 84 valence electrons. The summed E-state index contributed by atoms with van der Waals surface area (Å²) in [6.07, 6.45) is 5.46. The van der Waals surface area contributed by atoms with E-state index in [1.807, 2.05) is 0 Å². The van der Waals surface area contributed by atoms with Crippen LogP contribution in [0.15, 0.2) is 23.1 Å². The molecule has 15 heavy (non-hydrogen) atoms. The van der Waals surface area contributed by atoms with Gasteiger partial charge in [0.1, 0.15) is 0 Å². The lowest BCUT2D eigenvalue weighted by molar-refractivity contribution is -0.146. The van der Waals surface area contributed by atoms with Gasteiger partial charge in [0, 0.05) is 6.26 Å². The summed E-state index contributed by atoms with van der Waals surface area (Å²) < 4.78 is 22.6. The van der Waals surface area contributed by atoms with Crippen molar-refractivity contribution >= 4 is 15.8 Å². The lowest BCUT2D eigenvalue weighted by atomic mass is 9.75. The zero-order chi connectivity index (χ0) is 11.9. The van der Waals surface area contributed by atoms with Gasteiger partial charge in [-0.15, -0.1) is 0 Å². The van der Waals surface area contributed by atoms with Crippen molar-refractivity contribution in [1.82, 2.24) is 0 Å². The Morgan fingerprint density at radius 1 is 1.53 bits per heavy atom. The number of hydrogen-bond acceptors (Lipinski definition) is 3. The molecule has 1 rings (SSSR count). The van der Waals surface area contributed by atoms with Crippen molar-refractivity contribution in [2.75, 3.05) is 6.26 Å². The maximum Gasteiger partial charge on any atom is 0.313 e. The Hall–Kier alpha value is -1.10. The average Bonchev–Trinajstić information content (AvgIpc) is 2.07. The van der Waals surface area contributed by atoms with Crippen LogP contribution in [0.3, 0.4) is 0 Å². The van der Waals surface area contributed by atoms with E-state index in [0.29, 0.717) is 0 Å². The summed E-state index contributed by atoms with van der Waals surface area (Å²) >= 11 is 0. The van der Waals surface area contributed by atoms with Gasteiger partial charge in [-0.25, -0.2) is 8.42 Å². The highest BCUT2D eigenvalue weighted by Gasteiger charge is 2.38. The number of carboxylic acids is 1. The van der Waals surface area contributed by atoms with Crippen LogP contribution in [-0.2, 0) is 14.6 Å². The number of carbonyl (C=O) groups is 1. The fraction of sp³-hybridized carbons (Fsp3) is 0.500. The Morgan fingerprint density at radius 3 is 2.47 bits per heavy atom. The average molecular weight is 230 g/mol. The standard InChI is InChI=1S/C10H14O4S/c1-7-4-5-8(15(3,13)14)6-10(7,2)9(11)12/h4-7H,1-3H3,(H,11,12). The van der Waals surface area contributed by atoms with E-state index in [-0.39, 0.29) is 10.8 Å². The van der Waals surface area contributed by atoms with Crippen LogP contribution in [0.25, 0.3) is 0 Å². The normalized spacial score (nSPS) is 31.1. The molecule has 0 radical (unpaired) electrons. The number of aliphatic carboxylic acids is 1. The Morgan fingerprint density at radius 2 is 2.07 bits per heavy atom. The van der Waals surface area contributed by atoms with E-state index in [4.69, 9.17) is 5.11 Å². The highest BCUT2D eigenvalue weighted by molar-refractivity contribution is 7.94. The molecular weight excluding hydrogens is 216 g/mol. The topological polar surface area (TPSA) is 71.4 Å². The molecule has 0 aromatic carbocycles. The Labute approximate surface area is 89.2 Å². The summed E-state index contributed by atoms with van der Waals surface area (Å²) in [5, 5.41) is 9.08. The maximum atomic E-state index is 11.3. The first kappa shape index (κ1) is 12.0. The highest BCUT2D eigenvalue weighted by Crippen LogP contribution is 2.36. The molecule has 1 aliphatic carbocycles. The van der Waals surface area contributed by atoms with Gasteiger partial charge in [0.15, 0.2) is 9.84 Å². The highest BCUT2D eigenvalue weighted by atomic mass is 32.2. The first-order valence-electron chi connectivity index (χ1n) is 4.52. The Balaban J connectivity index is 3.29. The third-order valence-corrected chi connectivity index (χ3v) is 3.94. The van der Waals surface area contributed by atoms with E-state index >= 15 is 0 Å². The predicted octanol–water partition coefficient (Wildman–Crippen LogP) is 1.21. The van der Waals surface area contributed by atoms with Crippen molar-refractivity contribution < 1.29 is 18.3 Å². The summed E-state index contributed by atoms with van der Waals surface area (Å²) in [5.41, 5.74) is -1.15. The van der Waals surface area contributed by atoms with E-state index < -0.39 is 21.2 Å². The number of sulfone groups is 1. The van der Waals surface area contributed by atoms with Crippen molar-refractivity contribution in [3.63, 3.8) is 0 Å². The lowest BCUT2D eigenvalue weighted by Gasteiger charge is -2.29. The molecule has 0 saturated carbocycles. The van der Waals surface area contributed by atoms with Crippen LogP contribution in [0.4, 0.5) is 0 Å². The van der Waals surface area contributed by atoms with Gasteiger partial charge in [0.2, 0.25) is 0 Å². The second kappa shape index (κ2) is 3.48. The molecule has 0 spiro atoms. The first-order chi connectivity index (χ1) is 6.68. The van der Waals surface area contributed by atoms with Gasteiger partial charge >= 0.3 is 5.97 Å². The minimum atomic E-state index is -3.34. The minimum Gasteiger partial charge on any atom is -0.481 e. The van der Waals surface area contributed by atoms with E-state index in [9.17, 15) is 13.2 Å². The van der Waals surface area contributed by atoms with Gasteiger partial charge in [0.25, 0.3) is 0 Å². The van der Waals surface area contributed by atoms with Gasteiger partial charge in [-0.3, -0.25) is 4.79 Å². The molecule has 1 N–H and O–H groups in total. The zero-order valence-electron chi connectivity index (χ0n) is 8.89. The van der Waals surface area contributed by atoms with Crippen LogP contribution in [0.5, 0.6) is 0 Å². The fourth-order valence-corrected chi connectivity index (χ4v) is 2.19. The quantitative estimate of drug-likeness (QED) is 0.774. The second-order valence-electron chi connectivity index (χ2n) is 4.05. The molecule has 0 aromatic rings. The van der Waals surface area contributed by atoms with E-state index in [1.165, 1.54) is 19.1 Å². The molecular formula is C10H14O4S. The Kier molecular flexibility index (Phi) is 2.78. The van der Waals surface area contributed by atoms with Gasteiger partial charge in [0.05, 0.1) is 10.3 Å². The largest absolute Gasteiger partial charge is 0.481 e. The molecule has 2 unspecified atom stereocenters. The first-order valence-corrected chi connectivity index (χ1v) is 6.41. The second-order valence-corrected chi connectivity index (χ2v) is 6.07. The van der Waals surface area contributed by atoms with E-state index in [0.717, 1.165) is 6.26 Å². The lowest BCUT2D eigenvalue weighted by Crippen LogP contribution is -2.34. The van der Waals surface area contributed by atoms with Gasteiger partial charge in [-0.05, 0) is 25.0 Å². The summed E-state index contributed by atoms with van der Waals surface area (Å²) in [7, 11) is -3.34. The van der Waals surface area contributed by atoms with Crippen LogP contribution >= 0.6 is 0 Å². The summed E-state index contributed by atoms with van der Waals surface area (Å²) in [6.45, 7) is 3.27. The Bertz CT molecular complexity index is 444. The predicted molar refractivity (Wildman–Crippen MR) is 57.0 cm³/mol. The summed E-state index contributed by atoms with van der Waals surface area (Å²) in [6, 6.07) is 0. The maximum absolute atomic E-state index is 11.3. The summed E-state index contributed by atoms with van der Waals surface area (Å²) in [5.74, 6) is -1.24. The molecule has 0 fully saturated rings. The monoisotopic (exact) mass is 230 g/mol. The number of hydrogen-bond donors (Lipinski definition) is 1. The summed E-state index contributed by atoms with van der Waals surface area (Å²) in [4.78, 5) is 11.2. The third kappa shape index (κ3) is 2.12. The van der Waals surface area contributed by atoms with Crippen LogP contribution < -0.4 is 0 Å². The molecule has 0 heterocycles. The van der Waals surface area contributed by atoms with Gasteiger partial charge in [-0.1, -0.05) is 13.0 Å². The van der Waals surface area contributed by atoms with Crippen LogP contribution in [0.2, 0.25) is 0 Å². The molecule has 0 aromatic heterocycles. The number of carboxylic acid groups (broad SMARTS) is 1. The van der Waals surface area contributed by atoms with Gasteiger partial charge < -0.3 is 5.11 Å². The van der Waals surface area contributed by atoms with Crippen molar-refractivity contribution in [2.45, 2.75) is 13.8 Å². The molecule has 4 nitrogen and oxygen atoms in total. The molecule has 1 aliphatic rings. The third-order valence-electron chi connectivity index (χ3n) is 2.83. The van der Waals surface area contributed by atoms with E-state index in [1.54, 1.807) is 13.0 Å². The molecule has 0 aliphatic heterocycles. The van der Waals surface area contributed by atoms with Gasteiger partial charge in [-0.2, -0.15) is 0 Å². The fourth-order valence-electron chi connectivity index (χ4n) is 1.40. The van der Waals surface area contributed by atoms with E-state index in [2.05, 4.69) is 0 Å². The smallest absolute Gasteiger partial charge is 0.313 e. The van der Waals surface area contributed by atoms with Crippen LogP contribution in [-0.4, -0.2) is 25.7 Å². The van der Waals surface area contributed by atoms with Crippen LogP contribution in [0, 0.1) is 11.3 Å². The molecule has 0 amide bonds. The zero-order valence-corrected chi connectivity index (χ0v) is 9.71. The van der Waals surface area contributed by atoms with Crippen molar-refractivity contribution in [2.24, 2.45) is 11.3 Å². The van der Waals surface area contributed by atoms with Crippen molar-refractivity contribution in [1.29, 1.82) is 0 Å².